The number of nitrogens with two attached hydrogens (primary N) is 1. The van der Waals surface area contributed by atoms with Crippen molar-refractivity contribution in [1.29, 1.82) is 0 Å². The van der Waals surface area contributed by atoms with Gasteiger partial charge in [0.1, 0.15) is 12.4 Å². The average molecular weight is 371 g/mol. The second-order valence-corrected chi connectivity index (χ2v) is 3.54. The van der Waals surface area contributed by atoms with Gasteiger partial charge in [0.15, 0.2) is 5.96 Å². The Kier molecular flexibility index (Phi) is 7.48. The largest absolute Gasteiger partial charge is 0.370 e. The summed E-state index contributed by atoms with van der Waals surface area (Å²) >= 11 is 0. The smallest absolute Gasteiger partial charge is 0.319 e. The van der Waals surface area contributed by atoms with Crippen molar-refractivity contribution < 1.29 is 8.78 Å². The number of aromatic nitrogens is 2. The Bertz CT molecular complexity index is 416. The van der Waals surface area contributed by atoms with Gasteiger partial charge in [0, 0.05) is 18.9 Å². The number of hydrogen-bond acceptors (Lipinski definition) is 2. The molecule has 0 unspecified atom stereocenters. The predicted octanol–water partition coefficient (Wildman–Crippen LogP) is 1.88. The van der Waals surface area contributed by atoms with E-state index in [1.807, 2.05) is 6.92 Å². The second-order valence-electron chi connectivity index (χ2n) is 3.54. The summed E-state index contributed by atoms with van der Waals surface area (Å²) < 4.78 is 25.7. The van der Waals surface area contributed by atoms with Crippen LogP contribution in [0.2, 0.25) is 0 Å². The van der Waals surface area contributed by atoms with Gasteiger partial charge in [-0.2, -0.15) is 8.78 Å². The van der Waals surface area contributed by atoms with Crippen molar-refractivity contribution in [2.45, 2.75) is 20.0 Å². The molecule has 5 nitrogen and oxygen atoms in total. The number of guanidine groups is 1. The van der Waals surface area contributed by atoms with Crippen LogP contribution in [0.5, 0.6) is 0 Å². The summed E-state index contributed by atoms with van der Waals surface area (Å²) in [5, 5.41) is 2.80. The molecule has 3 N–H and O–H groups in total. The van der Waals surface area contributed by atoms with Crippen LogP contribution in [0.3, 0.4) is 0 Å². The lowest BCUT2D eigenvalue weighted by atomic mass is 10.3. The van der Waals surface area contributed by atoms with Crippen LogP contribution < -0.4 is 11.1 Å². The molecule has 1 heterocycles. The molecule has 18 heavy (non-hydrogen) atoms. The predicted molar refractivity (Wildman–Crippen MR) is 77.0 cm³/mol. The summed E-state index contributed by atoms with van der Waals surface area (Å²) in [6, 6.07) is 0. The van der Waals surface area contributed by atoms with E-state index >= 15 is 0 Å². The van der Waals surface area contributed by atoms with Crippen molar-refractivity contribution in [3.8, 4) is 0 Å². The lowest BCUT2D eigenvalue weighted by Crippen LogP contribution is -2.32. The standard InChI is InChI=1S/C10H15F2N5.HI/c1-7(2)5-15-10(13)16-6-8-14-3-4-17(8)9(11)12;/h3-4,9H,1,5-6H2,2H3,(H3,13,15,16);1H. The van der Waals surface area contributed by atoms with Gasteiger partial charge in [0.05, 0.1) is 0 Å². The Balaban J connectivity index is 0.00000289. The zero-order chi connectivity index (χ0) is 12.8. The van der Waals surface area contributed by atoms with Gasteiger partial charge in [-0.3, -0.25) is 4.57 Å². The van der Waals surface area contributed by atoms with Crippen LogP contribution in [-0.4, -0.2) is 22.1 Å². The molecule has 0 bridgehead atoms. The molecule has 0 aromatic carbocycles. The first-order valence-corrected chi connectivity index (χ1v) is 4.98. The van der Waals surface area contributed by atoms with Crippen molar-refractivity contribution in [3.63, 3.8) is 0 Å². The fraction of sp³-hybridized carbons (Fsp3) is 0.400. The number of halogens is 3. The highest BCUT2D eigenvalue weighted by Crippen LogP contribution is 2.12. The van der Waals surface area contributed by atoms with Gasteiger partial charge in [-0.1, -0.05) is 12.2 Å². The van der Waals surface area contributed by atoms with Crippen molar-refractivity contribution in [2.75, 3.05) is 6.54 Å². The first kappa shape index (κ1) is 16.8. The van der Waals surface area contributed by atoms with Gasteiger partial charge >= 0.3 is 6.55 Å². The fourth-order valence-electron chi connectivity index (χ4n) is 1.10. The molecule has 1 aromatic rings. The summed E-state index contributed by atoms with van der Waals surface area (Å²) in [6.07, 6.45) is 2.50. The maximum atomic E-state index is 12.5. The van der Waals surface area contributed by atoms with Crippen LogP contribution in [0.15, 0.2) is 29.5 Å². The molecule has 0 aliphatic heterocycles. The maximum absolute atomic E-state index is 12.5. The van der Waals surface area contributed by atoms with E-state index in [4.69, 9.17) is 5.73 Å². The number of nitrogens with zero attached hydrogens (tertiary/aromatic N) is 3. The Morgan fingerprint density at radius 2 is 2.33 bits per heavy atom. The normalized spacial score (nSPS) is 11.2. The number of hydrogen-bond donors (Lipinski definition) is 2. The Hall–Kier alpha value is -1.19. The van der Waals surface area contributed by atoms with E-state index in [0.717, 1.165) is 10.1 Å². The number of nitrogens with one attached hydrogen (secondary N) is 1. The molecule has 0 fully saturated rings. The van der Waals surface area contributed by atoms with E-state index in [9.17, 15) is 8.78 Å². The van der Waals surface area contributed by atoms with Crippen molar-refractivity contribution in [3.05, 3.63) is 30.4 Å². The lowest BCUT2D eigenvalue weighted by Gasteiger charge is -2.06. The molecule has 0 saturated heterocycles. The van der Waals surface area contributed by atoms with Gasteiger partial charge in [0.2, 0.25) is 0 Å². The van der Waals surface area contributed by atoms with Gasteiger partial charge in [-0.25, -0.2) is 9.98 Å². The first-order chi connectivity index (χ1) is 8.00. The Morgan fingerprint density at radius 3 is 2.89 bits per heavy atom. The SMILES string of the molecule is C=C(C)CNC(N)=NCc1nccn1C(F)F.I. The molecular formula is C10H16F2IN5. The molecule has 0 aliphatic carbocycles. The quantitative estimate of drug-likeness (QED) is 0.360. The van der Waals surface area contributed by atoms with Gasteiger partial charge < -0.3 is 11.1 Å². The molecule has 0 spiro atoms. The number of imidazole rings is 1. The van der Waals surface area contributed by atoms with Crippen LogP contribution >= 0.6 is 24.0 Å². The van der Waals surface area contributed by atoms with Gasteiger partial charge in [-0.05, 0) is 6.92 Å². The highest BCUT2D eigenvalue weighted by atomic mass is 127. The maximum Gasteiger partial charge on any atom is 0.319 e. The zero-order valence-corrected chi connectivity index (χ0v) is 12.3. The average Bonchev–Trinajstić information content (AvgIpc) is 2.71. The third kappa shape index (κ3) is 5.43. The summed E-state index contributed by atoms with van der Waals surface area (Å²) in [4.78, 5) is 7.69. The van der Waals surface area contributed by atoms with Gasteiger partial charge in [-0.15, -0.1) is 24.0 Å². The monoisotopic (exact) mass is 371 g/mol. The molecule has 0 radical (unpaired) electrons. The summed E-state index contributed by atoms with van der Waals surface area (Å²) in [5.74, 6) is 0.344. The third-order valence-corrected chi connectivity index (χ3v) is 1.92. The molecule has 0 aliphatic rings. The summed E-state index contributed by atoms with van der Waals surface area (Å²) in [6.45, 7) is 3.41. The Morgan fingerprint density at radius 1 is 1.67 bits per heavy atom. The molecular weight excluding hydrogens is 355 g/mol. The van der Waals surface area contributed by atoms with E-state index in [-0.39, 0.29) is 42.3 Å². The van der Waals surface area contributed by atoms with Crippen molar-refractivity contribution in [2.24, 2.45) is 10.7 Å². The van der Waals surface area contributed by atoms with Crippen LogP contribution in [0.4, 0.5) is 8.78 Å². The van der Waals surface area contributed by atoms with E-state index in [1.54, 1.807) is 0 Å². The van der Waals surface area contributed by atoms with Gasteiger partial charge in [0.25, 0.3) is 0 Å². The highest BCUT2D eigenvalue weighted by molar-refractivity contribution is 14.0. The van der Waals surface area contributed by atoms with E-state index in [0.29, 0.717) is 6.54 Å². The topological polar surface area (TPSA) is 68.2 Å². The summed E-state index contributed by atoms with van der Waals surface area (Å²) in [7, 11) is 0. The molecule has 0 saturated carbocycles. The van der Waals surface area contributed by atoms with Crippen LogP contribution in [-0.2, 0) is 6.54 Å². The minimum atomic E-state index is -2.62. The minimum Gasteiger partial charge on any atom is -0.370 e. The zero-order valence-electron chi connectivity index (χ0n) is 9.94. The van der Waals surface area contributed by atoms with Crippen LogP contribution in [0.25, 0.3) is 0 Å². The number of aliphatic imine (C=N–C) groups is 1. The van der Waals surface area contributed by atoms with Crippen LogP contribution in [0, 0.1) is 0 Å². The second kappa shape index (κ2) is 8.01. The van der Waals surface area contributed by atoms with Crippen molar-refractivity contribution >= 4 is 29.9 Å². The number of rotatable bonds is 5. The molecule has 102 valence electrons. The molecule has 8 heteroatoms. The van der Waals surface area contributed by atoms with Crippen molar-refractivity contribution in [1.82, 2.24) is 14.9 Å². The molecule has 1 aromatic heterocycles. The first-order valence-electron chi connectivity index (χ1n) is 4.98. The third-order valence-electron chi connectivity index (χ3n) is 1.92. The minimum absolute atomic E-state index is 0. The van der Waals surface area contributed by atoms with E-state index < -0.39 is 6.55 Å². The summed E-state index contributed by atoms with van der Waals surface area (Å²) in [5.41, 5.74) is 6.44. The van der Waals surface area contributed by atoms with Crippen LogP contribution in [0.1, 0.15) is 19.3 Å². The molecule has 0 amide bonds. The highest BCUT2D eigenvalue weighted by Gasteiger charge is 2.10. The molecule has 1 rings (SSSR count). The Labute approximate surface area is 121 Å². The lowest BCUT2D eigenvalue weighted by molar-refractivity contribution is 0.0671. The number of alkyl halides is 2. The molecule has 0 atom stereocenters. The fourth-order valence-corrected chi connectivity index (χ4v) is 1.10. The van der Waals surface area contributed by atoms with E-state index in [2.05, 4.69) is 21.9 Å². The van der Waals surface area contributed by atoms with E-state index in [1.165, 1.54) is 12.4 Å².